The highest BCUT2D eigenvalue weighted by Crippen LogP contribution is 2.42. The fourth-order valence-corrected chi connectivity index (χ4v) is 4.96. The molecule has 2 bridgehead atoms. The lowest BCUT2D eigenvalue weighted by atomic mass is 9.69. The van der Waals surface area contributed by atoms with E-state index in [1.165, 1.54) is 6.20 Å². The molecule has 4 atom stereocenters. The molecule has 2 N–H and O–H groups in total. The molecule has 0 amide bonds. The molecule has 4 heterocycles. The lowest BCUT2D eigenvalue weighted by Crippen LogP contribution is -2.71. The van der Waals surface area contributed by atoms with E-state index >= 15 is 4.39 Å². The van der Waals surface area contributed by atoms with E-state index < -0.39 is 17.8 Å². The summed E-state index contributed by atoms with van der Waals surface area (Å²) in [6.45, 7) is 4.05. The summed E-state index contributed by atoms with van der Waals surface area (Å²) in [5, 5.41) is 22.1. The number of nitrogens with one attached hydrogen (secondary N) is 1. The van der Waals surface area contributed by atoms with E-state index in [4.69, 9.17) is 4.74 Å². The summed E-state index contributed by atoms with van der Waals surface area (Å²) < 4.78 is 22.9. The molecule has 8 nitrogen and oxygen atoms in total. The number of aromatic nitrogens is 5. The van der Waals surface area contributed by atoms with Crippen molar-refractivity contribution in [1.82, 2.24) is 30.0 Å². The highest BCUT2D eigenvalue weighted by atomic mass is 19.1. The van der Waals surface area contributed by atoms with Crippen LogP contribution in [0, 0.1) is 0 Å². The van der Waals surface area contributed by atoms with Gasteiger partial charge in [0.1, 0.15) is 11.9 Å². The maximum atomic E-state index is 15.2. The fourth-order valence-electron chi connectivity index (χ4n) is 4.96. The highest BCUT2D eigenvalue weighted by Gasteiger charge is 2.53. The number of halogens is 1. The number of benzene rings is 1. The van der Waals surface area contributed by atoms with E-state index in [0.717, 1.165) is 24.9 Å². The number of alkyl halides is 1. The Kier molecular flexibility index (Phi) is 4.65. The fraction of sp³-hybridized carbons (Fsp3) is 0.455. The molecule has 2 aliphatic rings. The van der Waals surface area contributed by atoms with Crippen LogP contribution in [0.15, 0.2) is 43.1 Å². The minimum absolute atomic E-state index is 0.0255. The Hall–Kier alpha value is -3.07. The summed E-state index contributed by atoms with van der Waals surface area (Å²) in [5.41, 5.74) is 0.463. The quantitative estimate of drug-likeness (QED) is 0.664. The lowest BCUT2D eigenvalue weighted by Gasteiger charge is -2.54. The van der Waals surface area contributed by atoms with Crippen molar-refractivity contribution in [3.8, 4) is 28.7 Å². The molecule has 0 aliphatic carbocycles. The zero-order valence-electron chi connectivity index (χ0n) is 17.5. The number of hydrogen-bond donors (Lipinski definition) is 2. The minimum atomic E-state index is -1.15. The van der Waals surface area contributed by atoms with E-state index in [2.05, 4.69) is 32.4 Å². The number of imidazole rings is 1. The molecule has 1 aromatic carbocycles. The maximum Gasteiger partial charge on any atom is 0.252 e. The first-order valence-corrected chi connectivity index (χ1v) is 10.5. The molecule has 5 rings (SSSR count). The van der Waals surface area contributed by atoms with E-state index in [9.17, 15) is 5.11 Å². The smallest absolute Gasteiger partial charge is 0.252 e. The van der Waals surface area contributed by atoms with Crippen LogP contribution in [0.5, 0.6) is 11.6 Å². The lowest BCUT2D eigenvalue weighted by molar-refractivity contribution is -0.0627. The van der Waals surface area contributed by atoms with Crippen molar-refractivity contribution < 1.29 is 14.2 Å². The SMILES string of the molecule is C[C@]12CCC[C@](C)(N1)[C@H](F)[C@H](Oc1cnc(-c3ccc(-n4ccnc4)cc3O)nn1)C2. The average molecular weight is 424 g/mol. The highest BCUT2D eigenvalue weighted by molar-refractivity contribution is 5.65. The molecule has 0 saturated carbocycles. The number of rotatable bonds is 4. The number of ether oxygens (including phenoxy) is 1. The van der Waals surface area contributed by atoms with E-state index in [1.54, 1.807) is 35.4 Å². The summed E-state index contributed by atoms with van der Waals surface area (Å²) in [5.74, 6) is 0.468. The molecule has 2 aliphatic heterocycles. The molecule has 162 valence electrons. The number of nitrogens with zero attached hydrogens (tertiary/aromatic N) is 5. The largest absolute Gasteiger partial charge is 0.507 e. The van der Waals surface area contributed by atoms with Gasteiger partial charge >= 0.3 is 0 Å². The molecular weight excluding hydrogens is 399 g/mol. The number of piperidine rings is 2. The topological polar surface area (TPSA) is 98.0 Å². The van der Waals surface area contributed by atoms with Gasteiger partial charge in [-0.2, -0.15) is 0 Å². The Morgan fingerprint density at radius 3 is 2.84 bits per heavy atom. The first-order chi connectivity index (χ1) is 14.9. The molecule has 2 fully saturated rings. The number of aromatic hydroxyl groups is 1. The summed E-state index contributed by atoms with van der Waals surface area (Å²) in [6.07, 6.45) is 8.10. The van der Waals surface area contributed by atoms with Crippen molar-refractivity contribution in [3.63, 3.8) is 0 Å². The van der Waals surface area contributed by atoms with E-state index in [0.29, 0.717) is 12.0 Å². The Morgan fingerprint density at radius 2 is 2.13 bits per heavy atom. The van der Waals surface area contributed by atoms with Crippen molar-refractivity contribution in [2.24, 2.45) is 0 Å². The van der Waals surface area contributed by atoms with Crippen molar-refractivity contribution in [2.45, 2.75) is 62.9 Å². The van der Waals surface area contributed by atoms with Crippen LogP contribution in [-0.2, 0) is 0 Å². The Labute approximate surface area is 179 Å². The third-order valence-corrected chi connectivity index (χ3v) is 6.44. The number of phenols is 1. The second-order valence-electron chi connectivity index (χ2n) is 9.01. The maximum absolute atomic E-state index is 15.2. The van der Waals surface area contributed by atoms with Crippen molar-refractivity contribution in [2.75, 3.05) is 0 Å². The van der Waals surface area contributed by atoms with Crippen LogP contribution in [0.2, 0.25) is 0 Å². The predicted molar refractivity (Wildman–Crippen MR) is 112 cm³/mol. The average Bonchev–Trinajstić information content (AvgIpc) is 3.27. The minimum Gasteiger partial charge on any atom is -0.507 e. The van der Waals surface area contributed by atoms with Gasteiger partial charge in [-0.25, -0.2) is 14.4 Å². The molecule has 0 unspecified atom stereocenters. The van der Waals surface area contributed by atoms with Crippen LogP contribution in [0.25, 0.3) is 17.1 Å². The zero-order chi connectivity index (χ0) is 21.6. The summed E-state index contributed by atoms with van der Waals surface area (Å²) >= 11 is 0. The normalized spacial score (nSPS) is 30.2. The molecular formula is C22H25FN6O2. The summed E-state index contributed by atoms with van der Waals surface area (Å²) in [4.78, 5) is 8.28. The molecule has 2 saturated heterocycles. The second-order valence-corrected chi connectivity index (χ2v) is 9.01. The van der Waals surface area contributed by atoms with Gasteiger partial charge in [0.05, 0.1) is 29.3 Å². The van der Waals surface area contributed by atoms with Crippen LogP contribution < -0.4 is 10.1 Å². The number of hydrogen-bond acceptors (Lipinski definition) is 7. The van der Waals surface area contributed by atoms with Gasteiger partial charge in [-0.05, 0) is 45.2 Å². The van der Waals surface area contributed by atoms with Gasteiger partial charge in [0.15, 0.2) is 12.0 Å². The van der Waals surface area contributed by atoms with E-state index in [-0.39, 0.29) is 23.0 Å². The van der Waals surface area contributed by atoms with Gasteiger partial charge in [-0.3, -0.25) is 0 Å². The van der Waals surface area contributed by atoms with Crippen LogP contribution >= 0.6 is 0 Å². The third-order valence-electron chi connectivity index (χ3n) is 6.44. The molecule has 3 aromatic rings. The monoisotopic (exact) mass is 424 g/mol. The van der Waals surface area contributed by atoms with Gasteiger partial charge < -0.3 is 19.7 Å². The van der Waals surface area contributed by atoms with Gasteiger partial charge in [0.25, 0.3) is 5.88 Å². The molecule has 0 spiro atoms. The van der Waals surface area contributed by atoms with Crippen LogP contribution in [-0.4, -0.2) is 53.2 Å². The van der Waals surface area contributed by atoms with Crippen molar-refractivity contribution in [1.29, 1.82) is 0 Å². The van der Waals surface area contributed by atoms with Crippen molar-refractivity contribution >= 4 is 0 Å². The second kappa shape index (κ2) is 7.26. The van der Waals surface area contributed by atoms with Gasteiger partial charge in [-0.15, -0.1) is 10.2 Å². The van der Waals surface area contributed by atoms with E-state index in [1.807, 2.05) is 13.0 Å². The number of phenolic OH excluding ortho intramolecular Hbond substituents is 1. The molecule has 2 aromatic heterocycles. The number of fused-ring (bicyclic) bond motifs is 2. The van der Waals surface area contributed by atoms with Crippen LogP contribution in [0.3, 0.4) is 0 Å². The Balaban J connectivity index is 1.34. The van der Waals surface area contributed by atoms with Crippen LogP contribution in [0.1, 0.15) is 39.5 Å². The predicted octanol–water partition coefficient (Wildman–Crippen LogP) is 3.21. The van der Waals surface area contributed by atoms with Gasteiger partial charge in [-0.1, -0.05) is 0 Å². The van der Waals surface area contributed by atoms with Gasteiger partial charge in [0.2, 0.25) is 0 Å². The molecule has 9 heteroatoms. The standard InChI is InChI=1S/C22H25FN6O2/c1-21-6-3-7-22(2,28-21)19(23)17(11-21)31-18-12-25-20(27-26-18)15-5-4-14(10-16(15)30)29-9-8-24-13-29/h4-5,8-10,12-13,17,19,28,30H,3,6-7,11H2,1-2H3/t17-,19-,21-,22+/m1/s1. The first kappa shape index (κ1) is 19.9. The first-order valence-electron chi connectivity index (χ1n) is 10.5. The summed E-state index contributed by atoms with van der Waals surface area (Å²) in [6, 6.07) is 5.15. The molecule has 31 heavy (non-hydrogen) atoms. The molecule has 0 radical (unpaired) electrons. The summed E-state index contributed by atoms with van der Waals surface area (Å²) in [7, 11) is 0. The van der Waals surface area contributed by atoms with Crippen LogP contribution in [0.4, 0.5) is 4.39 Å². The van der Waals surface area contributed by atoms with Crippen molar-refractivity contribution in [3.05, 3.63) is 43.1 Å². The van der Waals surface area contributed by atoms with Gasteiger partial charge in [0, 0.05) is 30.4 Å². The zero-order valence-corrected chi connectivity index (χ0v) is 17.5. The Bertz CT molecular complexity index is 1080. The third kappa shape index (κ3) is 3.63. The Morgan fingerprint density at radius 1 is 1.26 bits per heavy atom.